The highest BCUT2D eigenvalue weighted by Crippen LogP contribution is 2.23. The number of nitrogens with one attached hydrogen (secondary N) is 3. The minimum atomic E-state index is -3.39. The zero-order valence-electron chi connectivity index (χ0n) is 14.1. The van der Waals surface area contributed by atoms with E-state index in [1.807, 2.05) is 0 Å². The van der Waals surface area contributed by atoms with Crippen LogP contribution in [0.1, 0.15) is 16.1 Å². The summed E-state index contributed by atoms with van der Waals surface area (Å²) in [7, 11) is -2.05. The molecule has 1 amide bonds. The second-order valence-electron chi connectivity index (χ2n) is 5.67. The average Bonchev–Trinajstić information content (AvgIpc) is 3.06. The fourth-order valence-electron chi connectivity index (χ4n) is 2.45. The van der Waals surface area contributed by atoms with Gasteiger partial charge in [0.2, 0.25) is 10.0 Å². The Morgan fingerprint density at radius 1 is 1.22 bits per heavy atom. The Bertz CT molecular complexity index is 1120. The fraction of sp³-hybridized carbons (Fsp3) is 0.125. The third kappa shape index (κ3) is 4.10. The number of benzene rings is 2. The minimum Gasteiger partial charge on any atom is -0.321 e. The van der Waals surface area contributed by atoms with Gasteiger partial charge in [-0.25, -0.2) is 13.1 Å². The van der Waals surface area contributed by atoms with Gasteiger partial charge in [0.15, 0.2) is 5.69 Å². The summed E-state index contributed by atoms with van der Waals surface area (Å²) in [5.74, 6) is -0.719. The molecule has 0 aliphatic rings. The van der Waals surface area contributed by atoms with Crippen LogP contribution in [-0.4, -0.2) is 36.5 Å². The van der Waals surface area contributed by atoms with E-state index in [4.69, 9.17) is 0 Å². The van der Waals surface area contributed by atoms with Crippen LogP contribution >= 0.6 is 0 Å². The standard InChI is InChI=1S/C16H15N5O5S/c1-17-27(25,26)9-10-2-4-11(5-3-10)18-16(22)15-13-8-12(21(23)24)6-7-14(13)19-20-15/h2-8,17H,9H2,1H3,(H,18,22)(H,19,20). The quantitative estimate of drug-likeness (QED) is 0.432. The maximum Gasteiger partial charge on any atom is 0.276 e. The van der Waals surface area contributed by atoms with E-state index in [9.17, 15) is 23.3 Å². The van der Waals surface area contributed by atoms with Crippen LogP contribution in [0.5, 0.6) is 0 Å². The first-order valence-corrected chi connectivity index (χ1v) is 9.38. The molecule has 0 bridgehead atoms. The van der Waals surface area contributed by atoms with Crippen molar-refractivity contribution in [3.63, 3.8) is 0 Å². The van der Waals surface area contributed by atoms with Crippen molar-refractivity contribution in [2.24, 2.45) is 0 Å². The molecular formula is C16H15N5O5S. The molecule has 1 aromatic heterocycles. The number of non-ortho nitro benzene ring substituents is 1. The van der Waals surface area contributed by atoms with E-state index in [1.165, 1.54) is 25.2 Å². The van der Waals surface area contributed by atoms with E-state index in [2.05, 4.69) is 20.2 Å². The number of aromatic amines is 1. The van der Waals surface area contributed by atoms with E-state index in [-0.39, 0.29) is 17.1 Å². The van der Waals surface area contributed by atoms with Gasteiger partial charge in [0.05, 0.1) is 16.2 Å². The summed E-state index contributed by atoms with van der Waals surface area (Å²) in [6.45, 7) is 0. The van der Waals surface area contributed by atoms with E-state index in [0.29, 0.717) is 22.2 Å². The van der Waals surface area contributed by atoms with Crippen molar-refractivity contribution in [1.82, 2.24) is 14.9 Å². The molecule has 0 aliphatic carbocycles. The van der Waals surface area contributed by atoms with Crippen molar-refractivity contribution < 1.29 is 18.1 Å². The topological polar surface area (TPSA) is 147 Å². The van der Waals surface area contributed by atoms with Gasteiger partial charge in [-0.2, -0.15) is 5.10 Å². The smallest absolute Gasteiger partial charge is 0.276 e. The summed E-state index contributed by atoms with van der Waals surface area (Å²) in [6.07, 6.45) is 0. The number of amides is 1. The number of fused-ring (bicyclic) bond motifs is 1. The number of nitrogens with zero attached hydrogens (tertiary/aromatic N) is 2. The van der Waals surface area contributed by atoms with E-state index < -0.39 is 20.9 Å². The van der Waals surface area contributed by atoms with Gasteiger partial charge in [-0.05, 0) is 30.8 Å². The van der Waals surface area contributed by atoms with Gasteiger partial charge in [-0.3, -0.25) is 20.0 Å². The zero-order chi connectivity index (χ0) is 19.6. The summed E-state index contributed by atoms with van der Waals surface area (Å²) in [4.78, 5) is 22.8. The lowest BCUT2D eigenvalue weighted by Crippen LogP contribution is -2.20. The lowest BCUT2D eigenvalue weighted by atomic mass is 10.1. The molecule has 0 spiro atoms. The molecule has 10 nitrogen and oxygen atoms in total. The van der Waals surface area contributed by atoms with E-state index in [0.717, 1.165) is 0 Å². The van der Waals surface area contributed by atoms with Crippen molar-refractivity contribution in [1.29, 1.82) is 0 Å². The molecule has 0 atom stereocenters. The number of carbonyl (C=O) groups is 1. The number of carbonyl (C=O) groups excluding carboxylic acids is 1. The van der Waals surface area contributed by atoms with Crippen molar-refractivity contribution in [3.8, 4) is 0 Å². The van der Waals surface area contributed by atoms with Crippen LogP contribution in [0.2, 0.25) is 0 Å². The normalized spacial score (nSPS) is 11.4. The first kappa shape index (κ1) is 18.5. The Morgan fingerprint density at radius 3 is 2.56 bits per heavy atom. The molecule has 140 valence electrons. The van der Waals surface area contributed by atoms with E-state index in [1.54, 1.807) is 24.3 Å². The van der Waals surface area contributed by atoms with Crippen LogP contribution < -0.4 is 10.0 Å². The molecule has 0 fully saturated rings. The number of rotatable bonds is 6. The van der Waals surface area contributed by atoms with Crippen molar-refractivity contribution in [2.45, 2.75) is 5.75 Å². The molecule has 1 heterocycles. The zero-order valence-corrected chi connectivity index (χ0v) is 14.9. The largest absolute Gasteiger partial charge is 0.321 e. The average molecular weight is 389 g/mol. The van der Waals surface area contributed by atoms with Gasteiger partial charge in [0.1, 0.15) is 0 Å². The van der Waals surface area contributed by atoms with Crippen molar-refractivity contribution >= 4 is 38.2 Å². The summed E-state index contributed by atoms with van der Waals surface area (Å²) < 4.78 is 25.3. The highest BCUT2D eigenvalue weighted by molar-refractivity contribution is 7.88. The van der Waals surface area contributed by atoms with Crippen molar-refractivity contribution in [3.05, 3.63) is 63.8 Å². The maximum atomic E-state index is 12.5. The Labute approximate surface area is 153 Å². The van der Waals surface area contributed by atoms with Crippen LogP contribution in [-0.2, 0) is 15.8 Å². The van der Waals surface area contributed by atoms with Crippen LogP contribution in [0, 0.1) is 10.1 Å². The number of anilines is 1. The summed E-state index contributed by atoms with van der Waals surface area (Å²) >= 11 is 0. The highest BCUT2D eigenvalue weighted by atomic mass is 32.2. The molecule has 27 heavy (non-hydrogen) atoms. The second-order valence-corrected chi connectivity index (χ2v) is 7.60. The molecule has 3 rings (SSSR count). The molecule has 0 saturated heterocycles. The number of nitro benzene ring substituents is 1. The van der Waals surface area contributed by atoms with Gasteiger partial charge in [-0.15, -0.1) is 0 Å². The Morgan fingerprint density at radius 2 is 1.93 bits per heavy atom. The predicted octanol–water partition coefficient (Wildman–Crippen LogP) is 1.77. The Kier molecular flexibility index (Phi) is 4.88. The third-order valence-corrected chi connectivity index (χ3v) is 5.19. The summed E-state index contributed by atoms with van der Waals surface area (Å²) in [6, 6.07) is 10.4. The van der Waals surface area contributed by atoms with Crippen molar-refractivity contribution in [2.75, 3.05) is 12.4 Å². The first-order chi connectivity index (χ1) is 12.8. The molecule has 0 aliphatic heterocycles. The number of hydrogen-bond donors (Lipinski definition) is 3. The van der Waals surface area contributed by atoms with Crippen LogP contribution in [0.4, 0.5) is 11.4 Å². The first-order valence-electron chi connectivity index (χ1n) is 7.73. The number of H-pyrrole nitrogens is 1. The highest BCUT2D eigenvalue weighted by Gasteiger charge is 2.17. The molecule has 0 unspecified atom stereocenters. The van der Waals surface area contributed by atoms with Gasteiger partial charge < -0.3 is 5.32 Å². The summed E-state index contributed by atoms with van der Waals surface area (Å²) in [5.41, 5.74) is 1.37. The molecule has 3 aromatic rings. The van der Waals surface area contributed by atoms with Gasteiger partial charge in [-0.1, -0.05) is 12.1 Å². The number of aromatic nitrogens is 2. The number of sulfonamides is 1. The third-order valence-electron chi connectivity index (χ3n) is 3.85. The minimum absolute atomic E-state index is 0.0236. The van der Waals surface area contributed by atoms with Crippen LogP contribution in [0.25, 0.3) is 10.9 Å². The number of nitro groups is 1. The van der Waals surface area contributed by atoms with E-state index >= 15 is 0 Å². The second kappa shape index (κ2) is 7.13. The number of hydrogen-bond acceptors (Lipinski definition) is 6. The molecule has 3 N–H and O–H groups in total. The lowest BCUT2D eigenvalue weighted by molar-refractivity contribution is -0.384. The van der Waals surface area contributed by atoms with Crippen LogP contribution in [0.3, 0.4) is 0 Å². The molecule has 0 radical (unpaired) electrons. The monoisotopic (exact) mass is 389 g/mol. The predicted molar refractivity (Wildman–Crippen MR) is 98.8 cm³/mol. The Hall–Kier alpha value is -3.31. The van der Waals surface area contributed by atoms with Gasteiger partial charge >= 0.3 is 0 Å². The molecular weight excluding hydrogens is 374 g/mol. The maximum absolute atomic E-state index is 12.5. The van der Waals surface area contributed by atoms with Crippen LogP contribution in [0.15, 0.2) is 42.5 Å². The fourth-order valence-corrected chi connectivity index (χ4v) is 3.23. The molecule has 2 aromatic carbocycles. The van der Waals surface area contributed by atoms with Gasteiger partial charge in [0.25, 0.3) is 11.6 Å². The lowest BCUT2D eigenvalue weighted by Gasteiger charge is -2.06. The molecule has 0 saturated carbocycles. The molecule has 11 heteroatoms. The van der Waals surface area contributed by atoms with Gasteiger partial charge in [0, 0.05) is 23.2 Å². The Balaban J connectivity index is 1.80. The SMILES string of the molecule is CNS(=O)(=O)Cc1ccc(NC(=O)c2n[nH]c3ccc([N+](=O)[O-])cc23)cc1. The summed E-state index contributed by atoms with van der Waals surface area (Å²) in [5, 5.41) is 20.5.